The fourth-order valence-corrected chi connectivity index (χ4v) is 2.81. The van der Waals surface area contributed by atoms with Crippen molar-refractivity contribution in [2.24, 2.45) is 0 Å². The van der Waals surface area contributed by atoms with Gasteiger partial charge in [-0.3, -0.25) is 0 Å². The van der Waals surface area contributed by atoms with Crippen LogP contribution in [-0.4, -0.2) is 32.6 Å². The lowest BCUT2D eigenvalue weighted by Crippen LogP contribution is -2.24. The molecule has 0 aliphatic heterocycles. The van der Waals surface area contributed by atoms with Gasteiger partial charge in [-0.05, 0) is 30.4 Å². The zero-order valence-corrected chi connectivity index (χ0v) is 12.2. The summed E-state index contributed by atoms with van der Waals surface area (Å²) in [5.41, 5.74) is 2.57. The zero-order chi connectivity index (χ0) is 15.4. The Morgan fingerprint density at radius 3 is 3.14 bits per heavy atom. The number of ether oxygens (including phenoxy) is 1. The number of hydrogen-bond acceptors (Lipinski definition) is 5. The SMILES string of the molecule is N#Cc1ncn(C[C@H](O)CO[C@@H]2CCCc3ccccc32)n1. The van der Waals surface area contributed by atoms with Crippen molar-refractivity contribution in [2.75, 3.05) is 6.61 Å². The summed E-state index contributed by atoms with van der Waals surface area (Å²) >= 11 is 0. The Balaban J connectivity index is 1.55. The first-order valence-corrected chi connectivity index (χ1v) is 7.43. The third-order valence-corrected chi connectivity index (χ3v) is 3.84. The molecule has 22 heavy (non-hydrogen) atoms. The molecule has 1 N–H and O–H groups in total. The number of aliphatic hydroxyl groups is 1. The van der Waals surface area contributed by atoms with Crippen LogP contribution < -0.4 is 0 Å². The molecular weight excluding hydrogens is 280 g/mol. The van der Waals surface area contributed by atoms with Crippen molar-refractivity contribution in [3.05, 3.63) is 47.5 Å². The quantitative estimate of drug-likeness (QED) is 0.906. The van der Waals surface area contributed by atoms with E-state index in [4.69, 9.17) is 10.00 Å². The van der Waals surface area contributed by atoms with Crippen LogP contribution in [0.3, 0.4) is 0 Å². The predicted octanol–water partition coefficient (Wildman–Crippen LogP) is 1.60. The molecule has 0 amide bonds. The highest BCUT2D eigenvalue weighted by Gasteiger charge is 2.21. The van der Waals surface area contributed by atoms with Crippen LogP contribution >= 0.6 is 0 Å². The van der Waals surface area contributed by atoms with Crippen molar-refractivity contribution in [2.45, 2.75) is 38.0 Å². The highest BCUT2D eigenvalue weighted by Crippen LogP contribution is 2.32. The van der Waals surface area contributed by atoms with E-state index in [2.05, 4.69) is 22.2 Å². The van der Waals surface area contributed by atoms with Gasteiger partial charge in [0, 0.05) is 0 Å². The molecule has 1 aliphatic rings. The van der Waals surface area contributed by atoms with E-state index in [1.165, 1.54) is 22.1 Å². The normalized spacial score (nSPS) is 18.5. The summed E-state index contributed by atoms with van der Waals surface area (Å²) in [4.78, 5) is 3.81. The van der Waals surface area contributed by atoms with Gasteiger partial charge in [0.1, 0.15) is 12.4 Å². The molecule has 3 rings (SSSR count). The highest BCUT2D eigenvalue weighted by atomic mass is 16.5. The van der Waals surface area contributed by atoms with E-state index in [0.717, 1.165) is 19.3 Å². The van der Waals surface area contributed by atoms with E-state index in [0.29, 0.717) is 0 Å². The van der Waals surface area contributed by atoms with Crippen LogP contribution in [0.4, 0.5) is 0 Å². The molecule has 0 bridgehead atoms. The summed E-state index contributed by atoms with van der Waals surface area (Å²) in [5.74, 6) is 0.106. The first kappa shape index (κ1) is 14.7. The predicted molar refractivity (Wildman–Crippen MR) is 78.8 cm³/mol. The molecular formula is C16H18N4O2. The molecule has 0 unspecified atom stereocenters. The molecule has 1 aromatic carbocycles. The maximum Gasteiger partial charge on any atom is 0.252 e. The smallest absolute Gasteiger partial charge is 0.252 e. The minimum Gasteiger partial charge on any atom is -0.389 e. The fourth-order valence-electron chi connectivity index (χ4n) is 2.81. The summed E-state index contributed by atoms with van der Waals surface area (Å²) in [5, 5.41) is 22.7. The number of hydrogen-bond donors (Lipinski definition) is 1. The van der Waals surface area contributed by atoms with E-state index in [1.807, 2.05) is 18.2 Å². The Labute approximate surface area is 129 Å². The summed E-state index contributed by atoms with van der Waals surface area (Å²) in [6, 6.07) is 10.2. The first-order chi connectivity index (χ1) is 10.8. The van der Waals surface area contributed by atoms with Crippen molar-refractivity contribution >= 4 is 0 Å². The van der Waals surface area contributed by atoms with Crippen LogP contribution in [-0.2, 0) is 17.7 Å². The Morgan fingerprint density at radius 2 is 2.32 bits per heavy atom. The van der Waals surface area contributed by atoms with E-state index in [9.17, 15) is 5.11 Å². The molecule has 6 nitrogen and oxygen atoms in total. The Bertz CT molecular complexity index is 677. The van der Waals surface area contributed by atoms with E-state index >= 15 is 0 Å². The summed E-state index contributed by atoms with van der Waals surface area (Å²) in [6.45, 7) is 0.504. The molecule has 0 saturated heterocycles. The van der Waals surface area contributed by atoms with Crippen molar-refractivity contribution in [3.8, 4) is 6.07 Å². The number of nitriles is 1. The van der Waals surface area contributed by atoms with Gasteiger partial charge in [-0.25, -0.2) is 9.67 Å². The van der Waals surface area contributed by atoms with Gasteiger partial charge in [-0.15, -0.1) is 5.10 Å². The van der Waals surface area contributed by atoms with Crippen LogP contribution in [0.25, 0.3) is 0 Å². The lowest BCUT2D eigenvalue weighted by molar-refractivity contribution is -0.0236. The van der Waals surface area contributed by atoms with Gasteiger partial charge >= 0.3 is 0 Å². The first-order valence-electron chi connectivity index (χ1n) is 7.43. The zero-order valence-electron chi connectivity index (χ0n) is 12.2. The van der Waals surface area contributed by atoms with Crippen LogP contribution in [0.5, 0.6) is 0 Å². The average molecular weight is 298 g/mol. The van der Waals surface area contributed by atoms with Crippen LogP contribution in [0.1, 0.15) is 35.9 Å². The number of fused-ring (bicyclic) bond motifs is 1. The Morgan fingerprint density at radius 1 is 1.45 bits per heavy atom. The molecule has 0 saturated carbocycles. The summed E-state index contributed by atoms with van der Waals surface area (Å²) < 4.78 is 7.36. The fraction of sp³-hybridized carbons (Fsp3) is 0.438. The lowest BCUT2D eigenvalue weighted by atomic mass is 9.89. The van der Waals surface area contributed by atoms with Crippen molar-refractivity contribution in [1.29, 1.82) is 5.26 Å². The maximum atomic E-state index is 10.1. The van der Waals surface area contributed by atoms with Crippen molar-refractivity contribution in [3.63, 3.8) is 0 Å². The third-order valence-electron chi connectivity index (χ3n) is 3.84. The van der Waals surface area contributed by atoms with E-state index in [1.54, 1.807) is 0 Å². The van der Waals surface area contributed by atoms with Crippen LogP contribution in [0.2, 0.25) is 0 Å². The number of aryl methyl sites for hydroxylation is 1. The number of rotatable bonds is 5. The third kappa shape index (κ3) is 3.32. The van der Waals surface area contributed by atoms with E-state index < -0.39 is 6.10 Å². The van der Waals surface area contributed by atoms with Crippen molar-refractivity contribution < 1.29 is 9.84 Å². The molecule has 2 atom stereocenters. The number of aliphatic hydroxyl groups excluding tert-OH is 1. The standard InChI is InChI=1S/C16H18N4O2/c17-8-16-18-11-20(19-16)9-13(21)10-22-15-7-3-5-12-4-1-2-6-14(12)15/h1-2,4,6,11,13,15,21H,3,5,7,9-10H2/t13-,15+/m0/s1. The van der Waals surface area contributed by atoms with Gasteiger partial charge in [-0.1, -0.05) is 24.3 Å². The average Bonchev–Trinajstić information content (AvgIpc) is 3.00. The molecule has 0 spiro atoms. The van der Waals surface area contributed by atoms with Gasteiger partial charge in [0.25, 0.3) is 5.82 Å². The van der Waals surface area contributed by atoms with Crippen molar-refractivity contribution in [1.82, 2.24) is 14.8 Å². The second-order valence-electron chi connectivity index (χ2n) is 5.47. The molecule has 0 fully saturated rings. The molecule has 114 valence electrons. The largest absolute Gasteiger partial charge is 0.389 e. The van der Waals surface area contributed by atoms with Gasteiger partial charge in [0.15, 0.2) is 0 Å². The highest BCUT2D eigenvalue weighted by molar-refractivity contribution is 5.31. The number of nitrogens with zero attached hydrogens (tertiary/aromatic N) is 4. The van der Waals surface area contributed by atoms with Crippen LogP contribution in [0, 0.1) is 11.3 Å². The molecule has 2 aromatic rings. The molecule has 1 aliphatic carbocycles. The minimum absolute atomic E-state index is 0.0463. The Kier molecular flexibility index (Phi) is 4.47. The summed E-state index contributed by atoms with van der Waals surface area (Å²) in [6.07, 6.45) is 3.98. The molecule has 0 radical (unpaired) electrons. The minimum atomic E-state index is -0.678. The topological polar surface area (TPSA) is 84.0 Å². The van der Waals surface area contributed by atoms with Gasteiger partial charge in [0.05, 0.1) is 25.4 Å². The lowest BCUT2D eigenvalue weighted by Gasteiger charge is -2.26. The van der Waals surface area contributed by atoms with E-state index in [-0.39, 0.29) is 25.1 Å². The number of benzene rings is 1. The number of aromatic nitrogens is 3. The van der Waals surface area contributed by atoms with Gasteiger partial charge in [0.2, 0.25) is 0 Å². The van der Waals surface area contributed by atoms with Gasteiger partial charge in [-0.2, -0.15) is 5.26 Å². The summed E-state index contributed by atoms with van der Waals surface area (Å²) in [7, 11) is 0. The molecule has 6 heteroatoms. The second kappa shape index (κ2) is 6.69. The maximum absolute atomic E-state index is 10.1. The second-order valence-corrected chi connectivity index (χ2v) is 5.47. The van der Waals surface area contributed by atoms with Gasteiger partial charge < -0.3 is 9.84 Å². The molecule has 1 heterocycles. The molecule has 1 aromatic heterocycles. The van der Waals surface area contributed by atoms with Crippen LogP contribution in [0.15, 0.2) is 30.6 Å². The monoisotopic (exact) mass is 298 g/mol. The Hall–Kier alpha value is -2.23.